The van der Waals surface area contributed by atoms with E-state index in [0.29, 0.717) is 30.3 Å². The number of rotatable bonds is 2. The molecule has 0 bridgehead atoms. The first kappa shape index (κ1) is 17.4. The Bertz CT molecular complexity index is 828. The minimum atomic E-state index is -0.287. The quantitative estimate of drug-likeness (QED) is 0.799. The molecule has 1 fully saturated rings. The number of carbonyl (C=O) groups is 1. The number of methoxy groups -OCH3 is 1. The van der Waals surface area contributed by atoms with Crippen molar-refractivity contribution in [2.24, 2.45) is 0 Å². The zero-order chi connectivity index (χ0) is 18.1. The molecule has 2 aromatic carbocycles. The van der Waals surface area contributed by atoms with E-state index in [2.05, 4.69) is 12.1 Å². The molecule has 1 spiro atoms. The molecule has 1 amide bonds. The number of likely N-dealkylation sites (tertiary alicyclic amines) is 1. The van der Waals surface area contributed by atoms with E-state index in [-0.39, 0.29) is 11.5 Å². The third-order valence-electron chi connectivity index (χ3n) is 5.48. The van der Waals surface area contributed by atoms with E-state index < -0.39 is 0 Å². The molecule has 4 nitrogen and oxygen atoms in total. The zero-order valence-corrected chi connectivity index (χ0v) is 15.6. The standard InChI is InChI=1S/C21H22ClNO3/c1-25-18-5-6-19-15(14-18)7-12-26-21(19)8-10-23(11-9-21)20(24)16-3-2-4-17(22)13-16/h2-6,13-14H,7-12H2,1H3. The summed E-state index contributed by atoms with van der Waals surface area (Å²) in [5.74, 6) is 0.919. The van der Waals surface area contributed by atoms with E-state index in [1.807, 2.05) is 23.1 Å². The highest BCUT2D eigenvalue weighted by Crippen LogP contribution is 2.42. The van der Waals surface area contributed by atoms with Gasteiger partial charge in [-0.05, 0) is 60.7 Å². The monoisotopic (exact) mass is 371 g/mol. The third kappa shape index (κ3) is 3.08. The number of benzene rings is 2. The Morgan fingerprint density at radius 3 is 2.73 bits per heavy atom. The van der Waals surface area contributed by atoms with Crippen molar-refractivity contribution in [2.75, 3.05) is 26.8 Å². The molecular weight excluding hydrogens is 350 g/mol. The highest BCUT2D eigenvalue weighted by molar-refractivity contribution is 6.30. The Morgan fingerprint density at radius 2 is 2.00 bits per heavy atom. The number of amides is 1. The second kappa shape index (κ2) is 6.93. The Labute approximate surface area is 158 Å². The van der Waals surface area contributed by atoms with Crippen molar-refractivity contribution in [3.05, 3.63) is 64.2 Å². The predicted molar refractivity (Wildman–Crippen MR) is 101 cm³/mol. The number of piperidine rings is 1. The fraction of sp³-hybridized carbons (Fsp3) is 0.381. The van der Waals surface area contributed by atoms with Crippen LogP contribution in [0.1, 0.15) is 34.3 Å². The summed E-state index contributed by atoms with van der Waals surface area (Å²) in [5.41, 5.74) is 2.90. The number of hydrogen-bond acceptors (Lipinski definition) is 3. The second-order valence-electron chi connectivity index (χ2n) is 6.92. The topological polar surface area (TPSA) is 38.8 Å². The SMILES string of the molecule is COc1ccc2c(c1)CCOC21CCN(C(=O)c2cccc(Cl)c2)CC1. The largest absolute Gasteiger partial charge is 0.497 e. The van der Waals surface area contributed by atoms with Crippen LogP contribution in [0.25, 0.3) is 0 Å². The van der Waals surface area contributed by atoms with Crippen LogP contribution >= 0.6 is 11.6 Å². The van der Waals surface area contributed by atoms with Crippen molar-refractivity contribution in [1.82, 2.24) is 4.90 Å². The van der Waals surface area contributed by atoms with Gasteiger partial charge in [0.05, 0.1) is 19.3 Å². The fourth-order valence-electron chi connectivity index (χ4n) is 4.07. The van der Waals surface area contributed by atoms with Crippen LogP contribution in [0, 0.1) is 0 Å². The van der Waals surface area contributed by atoms with Crippen LogP contribution < -0.4 is 4.74 Å². The van der Waals surface area contributed by atoms with Crippen LogP contribution in [0.3, 0.4) is 0 Å². The summed E-state index contributed by atoms with van der Waals surface area (Å²) in [6.07, 6.45) is 2.51. The normalized spacial score (nSPS) is 18.5. The lowest BCUT2D eigenvalue weighted by Crippen LogP contribution is -2.48. The number of fused-ring (bicyclic) bond motifs is 2. The van der Waals surface area contributed by atoms with Crippen molar-refractivity contribution >= 4 is 17.5 Å². The number of nitrogens with zero attached hydrogens (tertiary/aromatic N) is 1. The van der Waals surface area contributed by atoms with Gasteiger partial charge in [0.1, 0.15) is 5.75 Å². The molecule has 0 radical (unpaired) electrons. The van der Waals surface area contributed by atoms with E-state index in [1.54, 1.807) is 19.2 Å². The van der Waals surface area contributed by atoms with Crippen LogP contribution in [0.5, 0.6) is 5.75 Å². The maximum Gasteiger partial charge on any atom is 0.253 e. The van der Waals surface area contributed by atoms with Crippen LogP contribution in [0.15, 0.2) is 42.5 Å². The molecule has 0 unspecified atom stereocenters. The van der Waals surface area contributed by atoms with Crippen molar-refractivity contribution in [3.63, 3.8) is 0 Å². The molecule has 0 saturated carbocycles. The molecule has 5 heteroatoms. The molecule has 2 aliphatic heterocycles. The Hall–Kier alpha value is -2.04. The maximum atomic E-state index is 12.8. The van der Waals surface area contributed by atoms with Crippen molar-refractivity contribution < 1.29 is 14.3 Å². The first-order valence-electron chi connectivity index (χ1n) is 8.97. The highest BCUT2D eigenvalue weighted by atomic mass is 35.5. The van der Waals surface area contributed by atoms with Crippen LogP contribution in [-0.4, -0.2) is 37.6 Å². The summed E-state index contributed by atoms with van der Waals surface area (Å²) in [5, 5.41) is 0.586. The van der Waals surface area contributed by atoms with Gasteiger partial charge in [-0.2, -0.15) is 0 Å². The van der Waals surface area contributed by atoms with Gasteiger partial charge < -0.3 is 14.4 Å². The van der Waals surface area contributed by atoms with Gasteiger partial charge in [-0.1, -0.05) is 23.7 Å². The molecule has 2 aliphatic rings. The zero-order valence-electron chi connectivity index (χ0n) is 14.8. The number of ether oxygens (including phenoxy) is 2. The van der Waals surface area contributed by atoms with E-state index >= 15 is 0 Å². The third-order valence-corrected chi connectivity index (χ3v) is 5.72. The number of carbonyl (C=O) groups excluding carboxylic acids is 1. The summed E-state index contributed by atoms with van der Waals surface area (Å²) in [7, 11) is 1.69. The van der Waals surface area contributed by atoms with Crippen LogP contribution in [0.2, 0.25) is 5.02 Å². The minimum Gasteiger partial charge on any atom is -0.497 e. The smallest absolute Gasteiger partial charge is 0.253 e. The summed E-state index contributed by atoms with van der Waals surface area (Å²) in [6, 6.07) is 13.4. The molecule has 2 aromatic rings. The first-order valence-corrected chi connectivity index (χ1v) is 9.35. The van der Waals surface area contributed by atoms with Gasteiger partial charge in [0, 0.05) is 23.7 Å². The van der Waals surface area contributed by atoms with Gasteiger partial charge >= 0.3 is 0 Å². The average molecular weight is 372 g/mol. The van der Waals surface area contributed by atoms with Crippen molar-refractivity contribution in [1.29, 1.82) is 0 Å². The van der Waals surface area contributed by atoms with E-state index in [0.717, 1.165) is 25.0 Å². The average Bonchev–Trinajstić information content (AvgIpc) is 2.68. The number of hydrogen-bond donors (Lipinski definition) is 0. The molecular formula is C21H22ClNO3. The van der Waals surface area contributed by atoms with E-state index in [4.69, 9.17) is 21.1 Å². The molecule has 136 valence electrons. The summed E-state index contributed by atoms with van der Waals surface area (Å²) in [6.45, 7) is 2.07. The molecule has 2 heterocycles. The van der Waals surface area contributed by atoms with Gasteiger partial charge in [0.15, 0.2) is 0 Å². The molecule has 4 rings (SSSR count). The van der Waals surface area contributed by atoms with E-state index in [9.17, 15) is 4.79 Å². The lowest BCUT2D eigenvalue weighted by Gasteiger charge is -2.45. The molecule has 26 heavy (non-hydrogen) atoms. The van der Waals surface area contributed by atoms with Gasteiger partial charge in [-0.15, -0.1) is 0 Å². The minimum absolute atomic E-state index is 0.0353. The molecule has 0 aromatic heterocycles. The van der Waals surface area contributed by atoms with Gasteiger partial charge in [0.25, 0.3) is 5.91 Å². The van der Waals surface area contributed by atoms with E-state index in [1.165, 1.54) is 11.1 Å². The Morgan fingerprint density at radius 1 is 1.19 bits per heavy atom. The second-order valence-corrected chi connectivity index (χ2v) is 7.35. The van der Waals surface area contributed by atoms with Crippen LogP contribution in [0.4, 0.5) is 0 Å². The summed E-state index contributed by atoms with van der Waals surface area (Å²) >= 11 is 6.02. The lowest BCUT2D eigenvalue weighted by molar-refractivity contribution is -0.0935. The summed E-state index contributed by atoms with van der Waals surface area (Å²) in [4.78, 5) is 14.7. The van der Waals surface area contributed by atoms with Crippen LogP contribution in [-0.2, 0) is 16.8 Å². The maximum absolute atomic E-state index is 12.8. The molecule has 0 atom stereocenters. The fourth-order valence-corrected chi connectivity index (χ4v) is 4.26. The van der Waals surface area contributed by atoms with Crippen molar-refractivity contribution in [2.45, 2.75) is 24.9 Å². The number of halogens is 1. The molecule has 1 saturated heterocycles. The Kier molecular flexibility index (Phi) is 4.63. The Balaban J connectivity index is 1.53. The van der Waals surface area contributed by atoms with Gasteiger partial charge in [-0.25, -0.2) is 0 Å². The van der Waals surface area contributed by atoms with Gasteiger partial charge in [-0.3, -0.25) is 4.79 Å². The van der Waals surface area contributed by atoms with Crippen molar-refractivity contribution in [3.8, 4) is 5.75 Å². The first-order chi connectivity index (χ1) is 12.6. The van der Waals surface area contributed by atoms with Gasteiger partial charge in [0.2, 0.25) is 0 Å². The predicted octanol–water partition coefficient (Wildman–Crippen LogP) is 4.05. The molecule has 0 aliphatic carbocycles. The highest BCUT2D eigenvalue weighted by Gasteiger charge is 2.41. The molecule has 0 N–H and O–H groups in total. The lowest BCUT2D eigenvalue weighted by atomic mass is 9.79. The summed E-state index contributed by atoms with van der Waals surface area (Å²) < 4.78 is 11.6.